The summed E-state index contributed by atoms with van der Waals surface area (Å²) < 4.78 is 5.27. The van der Waals surface area contributed by atoms with Crippen molar-refractivity contribution in [3.63, 3.8) is 0 Å². The summed E-state index contributed by atoms with van der Waals surface area (Å²) in [7, 11) is 1.66. The van der Waals surface area contributed by atoms with E-state index in [0.717, 1.165) is 61.0 Å². The Kier molecular flexibility index (Phi) is 5.55. The second-order valence-corrected chi connectivity index (χ2v) is 7.03. The van der Waals surface area contributed by atoms with E-state index in [0.29, 0.717) is 6.54 Å². The molecule has 1 aliphatic rings. The van der Waals surface area contributed by atoms with Gasteiger partial charge in [-0.15, -0.1) is 0 Å². The van der Waals surface area contributed by atoms with Crippen LogP contribution < -0.4 is 10.1 Å². The molecule has 7 nitrogen and oxygen atoms in total. The van der Waals surface area contributed by atoms with E-state index in [2.05, 4.69) is 25.1 Å². The molecular formula is C21H25N5O2. The number of methoxy groups -OCH3 is 1. The van der Waals surface area contributed by atoms with Crippen molar-refractivity contribution in [1.82, 2.24) is 19.8 Å². The lowest BCUT2D eigenvalue weighted by Gasteiger charge is -2.33. The van der Waals surface area contributed by atoms with E-state index in [1.165, 1.54) is 0 Å². The Hall–Kier alpha value is -2.90. The Bertz CT molecular complexity index is 932. The standard InChI is InChI=1S/C21H25N5O2/c1-28-17-7-8-18-19(13-17)24-20(23-18)14-25-9-11-26(12-10-25)15-21(27)22-16-5-3-2-4-6-16/h2-8,13H,9-12,14-15H2,1H3,(H,22,27)(H,23,24). The topological polar surface area (TPSA) is 73.5 Å². The summed E-state index contributed by atoms with van der Waals surface area (Å²) in [4.78, 5) is 24.8. The molecule has 1 fully saturated rings. The number of piperazine rings is 1. The molecule has 0 unspecified atom stereocenters. The number of imidazole rings is 1. The predicted molar refractivity (Wildman–Crippen MR) is 109 cm³/mol. The maximum Gasteiger partial charge on any atom is 0.238 e. The highest BCUT2D eigenvalue weighted by atomic mass is 16.5. The molecule has 3 aromatic rings. The van der Waals surface area contributed by atoms with Crippen LogP contribution in [-0.4, -0.2) is 65.5 Å². The smallest absolute Gasteiger partial charge is 0.238 e. The Labute approximate surface area is 164 Å². The SMILES string of the molecule is COc1ccc2nc(CN3CCN(CC(=O)Nc4ccccc4)CC3)[nH]c2c1. The van der Waals surface area contributed by atoms with E-state index in [4.69, 9.17) is 4.74 Å². The van der Waals surface area contributed by atoms with Crippen LogP contribution in [0.4, 0.5) is 5.69 Å². The summed E-state index contributed by atoms with van der Waals surface area (Å²) in [5.41, 5.74) is 2.78. The van der Waals surface area contributed by atoms with Gasteiger partial charge in [0.1, 0.15) is 11.6 Å². The lowest BCUT2D eigenvalue weighted by atomic mass is 10.3. The van der Waals surface area contributed by atoms with Gasteiger partial charge in [0, 0.05) is 37.9 Å². The number of nitrogens with zero attached hydrogens (tertiary/aromatic N) is 3. The van der Waals surface area contributed by atoms with Crippen molar-refractivity contribution in [1.29, 1.82) is 0 Å². The number of nitrogens with one attached hydrogen (secondary N) is 2. The average molecular weight is 379 g/mol. The van der Waals surface area contributed by atoms with Crippen LogP contribution in [0.3, 0.4) is 0 Å². The minimum Gasteiger partial charge on any atom is -0.497 e. The number of aromatic amines is 1. The summed E-state index contributed by atoms with van der Waals surface area (Å²) in [5.74, 6) is 1.81. The molecule has 0 radical (unpaired) electrons. The molecule has 0 spiro atoms. The van der Waals surface area contributed by atoms with Gasteiger partial charge in [0.2, 0.25) is 5.91 Å². The van der Waals surface area contributed by atoms with E-state index in [1.807, 2.05) is 48.5 Å². The molecule has 0 bridgehead atoms. The molecular weight excluding hydrogens is 354 g/mol. The average Bonchev–Trinajstić information content (AvgIpc) is 3.11. The van der Waals surface area contributed by atoms with Crippen molar-refractivity contribution in [3.05, 3.63) is 54.4 Å². The number of carbonyl (C=O) groups is 1. The number of hydrogen-bond donors (Lipinski definition) is 2. The van der Waals surface area contributed by atoms with Gasteiger partial charge in [0.15, 0.2) is 0 Å². The molecule has 2 heterocycles. The molecule has 1 aromatic heterocycles. The number of amides is 1. The molecule has 28 heavy (non-hydrogen) atoms. The van der Waals surface area contributed by atoms with Gasteiger partial charge in [-0.2, -0.15) is 0 Å². The van der Waals surface area contributed by atoms with Crippen molar-refractivity contribution in [2.75, 3.05) is 45.2 Å². The summed E-state index contributed by atoms with van der Waals surface area (Å²) in [6.45, 7) is 4.78. The van der Waals surface area contributed by atoms with E-state index in [-0.39, 0.29) is 5.91 Å². The Balaban J connectivity index is 1.26. The quantitative estimate of drug-likeness (QED) is 0.688. The van der Waals surface area contributed by atoms with Crippen molar-refractivity contribution >= 4 is 22.6 Å². The van der Waals surface area contributed by atoms with Gasteiger partial charge < -0.3 is 15.0 Å². The van der Waals surface area contributed by atoms with Gasteiger partial charge in [0.25, 0.3) is 0 Å². The molecule has 1 saturated heterocycles. The fourth-order valence-corrected chi connectivity index (χ4v) is 3.49. The van der Waals surface area contributed by atoms with E-state index < -0.39 is 0 Å². The first-order valence-electron chi connectivity index (χ1n) is 9.52. The fraction of sp³-hybridized carbons (Fsp3) is 0.333. The van der Waals surface area contributed by atoms with Crippen LogP contribution in [0.15, 0.2) is 48.5 Å². The number of para-hydroxylation sites is 1. The molecule has 1 aliphatic heterocycles. The third kappa shape index (κ3) is 4.49. The molecule has 2 N–H and O–H groups in total. The van der Waals surface area contributed by atoms with Crippen molar-refractivity contribution in [2.24, 2.45) is 0 Å². The molecule has 2 aromatic carbocycles. The number of H-pyrrole nitrogens is 1. The highest BCUT2D eigenvalue weighted by molar-refractivity contribution is 5.92. The van der Waals surface area contributed by atoms with Crippen molar-refractivity contribution in [3.8, 4) is 5.75 Å². The first-order valence-corrected chi connectivity index (χ1v) is 9.52. The van der Waals surface area contributed by atoms with E-state index in [1.54, 1.807) is 7.11 Å². The molecule has 146 valence electrons. The first kappa shape index (κ1) is 18.5. The van der Waals surface area contributed by atoms with Crippen LogP contribution in [0.5, 0.6) is 5.75 Å². The van der Waals surface area contributed by atoms with Gasteiger partial charge in [-0.05, 0) is 24.3 Å². The molecule has 1 amide bonds. The number of fused-ring (bicyclic) bond motifs is 1. The largest absolute Gasteiger partial charge is 0.497 e. The number of rotatable bonds is 6. The molecule has 0 atom stereocenters. The van der Waals surface area contributed by atoms with Crippen LogP contribution in [0.25, 0.3) is 11.0 Å². The van der Waals surface area contributed by atoms with Gasteiger partial charge in [-0.1, -0.05) is 18.2 Å². The minimum atomic E-state index is 0.0332. The third-order valence-electron chi connectivity index (χ3n) is 5.00. The van der Waals surface area contributed by atoms with Crippen molar-refractivity contribution in [2.45, 2.75) is 6.54 Å². The van der Waals surface area contributed by atoms with Crippen LogP contribution in [-0.2, 0) is 11.3 Å². The predicted octanol–water partition coefficient (Wildman–Crippen LogP) is 2.33. The molecule has 0 saturated carbocycles. The second-order valence-electron chi connectivity index (χ2n) is 7.03. The van der Waals surface area contributed by atoms with Gasteiger partial charge in [-0.25, -0.2) is 4.98 Å². The van der Waals surface area contributed by atoms with Gasteiger partial charge in [-0.3, -0.25) is 14.6 Å². The Morgan fingerprint density at radius 3 is 2.61 bits per heavy atom. The third-order valence-corrected chi connectivity index (χ3v) is 5.00. The lowest BCUT2D eigenvalue weighted by Crippen LogP contribution is -2.48. The number of ether oxygens (including phenoxy) is 1. The molecule has 7 heteroatoms. The van der Waals surface area contributed by atoms with Crippen molar-refractivity contribution < 1.29 is 9.53 Å². The number of anilines is 1. The first-order chi connectivity index (χ1) is 13.7. The normalized spacial score (nSPS) is 15.6. The van der Waals surface area contributed by atoms with Gasteiger partial charge in [0.05, 0.1) is 31.2 Å². The van der Waals surface area contributed by atoms with Gasteiger partial charge >= 0.3 is 0 Å². The fourth-order valence-electron chi connectivity index (χ4n) is 3.49. The van der Waals surface area contributed by atoms with Crippen LogP contribution in [0, 0.1) is 0 Å². The Morgan fingerprint density at radius 2 is 1.86 bits per heavy atom. The second kappa shape index (κ2) is 8.41. The molecule has 4 rings (SSSR count). The minimum absolute atomic E-state index is 0.0332. The highest BCUT2D eigenvalue weighted by Crippen LogP contribution is 2.19. The van der Waals surface area contributed by atoms with Crippen LogP contribution >= 0.6 is 0 Å². The monoisotopic (exact) mass is 379 g/mol. The maximum absolute atomic E-state index is 12.2. The summed E-state index contributed by atoms with van der Waals surface area (Å²) in [5, 5.41) is 2.95. The zero-order chi connectivity index (χ0) is 19.3. The highest BCUT2D eigenvalue weighted by Gasteiger charge is 2.20. The number of hydrogen-bond acceptors (Lipinski definition) is 5. The lowest BCUT2D eigenvalue weighted by molar-refractivity contribution is -0.117. The summed E-state index contributed by atoms with van der Waals surface area (Å²) in [6.07, 6.45) is 0. The van der Waals surface area contributed by atoms with Crippen LogP contribution in [0.1, 0.15) is 5.82 Å². The van der Waals surface area contributed by atoms with Crippen LogP contribution in [0.2, 0.25) is 0 Å². The Morgan fingerprint density at radius 1 is 1.11 bits per heavy atom. The van der Waals surface area contributed by atoms with E-state index >= 15 is 0 Å². The summed E-state index contributed by atoms with van der Waals surface area (Å²) >= 11 is 0. The van der Waals surface area contributed by atoms with E-state index in [9.17, 15) is 4.79 Å². The zero-order valence-electron chi connectivity index (χ0n) is 16.0. The molecule has 0 aliphatic carbocycles. The number of aromatic nitrogens is 2. The maximum atomic E-state index is 12.2. The summed E-state index contributed by atoms with van der Waals surface area (Å²) in [6, 6.07) is 15.4. The number of benzene rings is 2. The number of carbonyl (C=O) groups excluding carboxylic acids is 1. The zero-order valence-corrected chi connectivity index (χ0v) is 16.0.